The Morgan fingerprint density at radius 2 is 2.20 bits per heavy atom. The first-order chi connectivity index (χ1) is 7.08. The Morgan fingerprint density at radius 1 is 1.53 bits per heavy atom. The van der Waals surface area contributed by atoms with Crippen molar-refractivity contribution in [1.29, 1.82) is 0 Å². The summed E-state index contributed by atoms with van der Waals surface area (Å²) in [4.78, 5) is 12.1. The molecule has 2 rings (SSSR count). The number of carbonyl (C=O) groups excluding carboxylic acids is 1. The van der Waals surface area contributed by atoms with Crippen LogP contribution in [0.25, 0.3) is 0 Å². The van der Waals surface area contributed by atoms with Gasteiger partial charge in [0.15, 0.2) is 0 Å². The molecule has 1 aromatic carbocycles. The monoisotopic (exact) mass is 225 g/mol. The lowest BCUT2D eigenvalue weighted by molar-refractivity contribution is 0.0950. The molecule has 1 saturated carbocycles. The lowest BCUT2D eigenvalue weighted by Gasteiger charge is -2.06. The standard InChI is InChI=1S/C11H12FNOS/c1-6-9(12)4-7(5-10(6)15)11(14)13-8-2-3-8/h4-5,8,15H,2-3H2,1H3,(H,13,14). The molecule has 1 aromatic rings. The number of hydrogen-bond acceptors (Lipinski definition) is 2. The number of nitrogens with one attached hydrogen (secondary N) is 1. The largest absolute Gasteiger partial charge is 0.349 e. The van der Waals surface area contributed by atoms with E-state index in [1.165, 1.54) is 6.07 Å². The number of benzene rings is 1. The summed E-state index contributed by atoms with van der Waals surface area (Å²) in [6.07, 6.45) is 2.04. The number of halogens is 1. The van der Waals surface area contributed by atoms with E-state index in [2.05, 4.69) is 17.9 Å². The zero-order valence-electron chi connectivity index (χ0n) is 8.38. The van der Waals surface area contributed by atoms with Gasteiger partial charge < -0.3 is 5.32 Å². The first kappa shape index (κ1) is 10.5. The van der Waals surface area contributed by atoms with Crippen molar-refractivity contribution in [3.8, 4) is 0 Å². The van der Waals surface area contributed by atoms with Gasteiger partial charge >= 0.3 is 0 Å². The van der Waals surface area contributed by atoms with Gasteiger partial charge in [-0.05, 0) is 37.5 Å². The molecule has 1 fully saturated rings. The van der Waals surface area contributed by atoms with E-state index in [1.807, 2.05) is 0 Å². The number of rotatable bonds is 2. The summed E-state index contributed by atoms with van der Waals surface area (Å²) < 4.78 is 13.3. The Balaban J connectivity index is 2.23. The first-order valence-corrected chi connectivity index (χ1v) is 5.32. The van der Waals surface area contributed by atoms with Crippen LogP contribution in [0.15, 0.2) is 17.0 Å². The molecule has 1 aliphatic rings. The third kappa shape index (κ3) is 2.31. The van der Waals surface area contributed by atoms with E-state index in [0.717, 1.165) is 12.8 Å². The van der Waals surface area contributed by atoms with Gasteiger partial charge in [0.25, 0.3) is 5.91 Å². The predicted octanol–water partition coefficient (Wildman–Crippen LogP) is 2.32. The van der Waals surface area contributed by atoms with Gasteiger partial charge in [-0.2, -0.15) is 0 Å². The molecule has 0 aromatic heterocycles. The van der Waals surface area contributed by atoms with E-state index < -0.39 is 0 Å². The molecule has 0 aliphatic heterocycles. The summed E-state index contributed by atoms with van der Waals surface area (Å²) in [7, 11) is 0. The Hall–Kier alpha value is -1.03. The summed E-state index contributed by atoms with van der Waals surface area (Å²) in [6, 6.07) is 3.14. The highest BCUT2D eigenvalue weighted by molar-refractivity contribution is 7.80. The molecule has 0 unspecified atom stereocenters. The smallest absolute Gasteiger partial charge is 0.251 e. The van der Waals surface area contributed by atoms with Crippen LogP contribution < -0.4 is 5.32 Å². The van der Waals surface area contributed by atoms with Crippen LogP contribution in [0.1, 0.15) is 28.8 Å². The molecule has 0 spiro atoms. The number of hydrogen-bond donors (Lipinski definition) is 2. The van der Waals surface area contributed by atoms with Crippen molar-refractivity contribution in [3.05, 3.63) is 29.1 Å². The summed E-state index contributed by atoms with van der Waals surface area (Å²) in [5, 5.41) is 2.80. The van der Waals surface area contributed by atoms with Crippen LogP contribution >= 0.6 is 12.6 Å². The molecule has 0 radical (unpaired) electrons. The second-order valence-electron chi connectivity index (χ2n) is 3.85. The highest BCUT2D eigenvalue weighted by Crippen LogP contribution is 2.22. The predicted molar refractivity (Wildman–Crippen MR) is 58.9 cm³/mol. The molecule has 15 heavy (non-hydrogen) atoms. The summed E-state index contributed by atoms with van der Waals surface area (Å²) >= 11 is 4.12. The fourth-order valence-corrected chi connectivity index (χ4v) is 1.54. The van der Waals surface area contributed by atoms with Gasteiger partial charge in [0.05, 0.1) is 0 Å². The van der Waals surface area contributed by atoms with Gasteiger partial charge in [0, 0.05) is 16.5 Å². The van der Waals surface area contributed by atoms with Crippen molar-refractivity contribution in [1.82, 2.24) is 5.32 Å². The number of carbonyl (C=O) groups is 1. The minimum Gasteiger partial charge on any atom is -0.349 e. The van der Waals surface area contributed by atoms with E-state index >= 15 is 0 Å². The van der Waals surface area contributed by atoms with Crippen molar-refractivity contribution in [2.75, 3.05) is 0 Å². The molecular weight excluding hydrogens is 213 g/mol. The normalized spacial score (nSPS) is 15.1. The maximum Gasteiger partial charge on any atom is 0.251 e. The summed E-state index contributed by atoms with van der Waals surface area (Å²) in [6.45, 7) is 1.64. The van der Waals surface area contributed by atoms with Gasteiger partial charge in [-0.25, -0.2) is 4.39 Å². The van der Waals surface area contributed by atoms with Crippen molar-refractivity contribution < 1.29 is 9.18 Å². The van der Waals surface area contributed by atoms with Gasteiger partial charge in [0.2, 0.25) is 0 Å². The zero-order chi connectivity index (χ0) is 11.0. The van der Waals surface area contributed by atoms with Crippen LogP contribution in [0, 0.1) is 12.7 Å². The second kappa shape index (κ2) is 3.85. The van der Waals surface area contributed by atoms with Gasteiger partial charge in [-0.15, -0.1) is 12.6 Å². The van der Waals surface area contributed by atoms with Crippen molar-refractivity contribution in [3.63, 3.8) is 0 Å². The molecule has 1 aliphatic carbocycles. The molecular formula is C11H12FNOS. The minimum atomic E-state index is -0.386. The molecule has 80 valence electrons. The summed E-state index contributed by atoms with van der Waals surface area (Å²) in [5.41, 5.74) is 0.816. The second-order valence-corrected chi connectivity index (χ2v) is 4.33. The molecule has 0 atom stereocenters. The third-order valence-corrected chi connectivity index (χ3v) is 2.96. The summed E-state index contributed by atoms with van der Waals surface area (Å²) in [5.74, 6) is -0.602. The maximum atomic E-state index is 13.3. The SMILES string of the molecule is Cc1c(F)cc(C(=O)NC2CC2)cc1S. The van der Waals surface area contributed by atoms with Crippen LogP contribution in [-0.2, 0) is 0 Å². The van der Waals surface area contributed by atoms with E-state index in [0.29, 0.717) is 16.0 Å². The van der Waals surface area contributed by atoms with Crippen molar-refractivity contribution in [2.24, 2.45) is 0 Å². The fourth-order valence-electron chi connectivity index (χ4n) is 1.29. The lowest BCUT2D eigenvalue weighted by atomic mass is 10.1. The Morgan fingerprint density at radius 3 is 2.73 bits per heavy atom. The lowest BCUT2D eigenvalue weighted by Crippen LogP contribution is -2.25. The fraction of sp³-hybridized carbons (Fsp3) is 0.364. The molecule has 4 heteroatoms. The molecule has 0 bridgehead atoms. The van der Waals surface area contributed by atoms with Crippen molar-refractivity contribution >= 4 is 18.5 Å². The average Bonchev–Trinajstić information content (AvgIpc) is 2.97. The quantitative estimate of drug-likeness (QED) is 0.743. The maximum absolute atomic E-state index is 13.3. The van der Waals surface area contributed by atoms with Gasteiger partial charge in [0.1, 0.15) is 5.82 Å². The average molecular weight is 225 g/mol. The van der Waals surface area contributed by atoms with Gasteiger partial charge in [-0.1, -0.05) is 0 Å². The Labute approximate surface area is 93.3 Å². The number of thiol groups is 1. The molecule has 1 amide bonds. The first-order valence-electron chi connectivity index (χ1n) is 4.88. The minimum absolute atomic E-state index is 0.216. The van der Waals surface area contributed by atoms with Crippen molar-refractivity contribution in [2.45, 2.75) is 30.7 Å². The molecule has 0 saturated heterocycles. The van der Waals surface area contributed by atoms with E-state index in [1.54, 1.807) is 13.0 Å². The van der Waals surface area contributed by atoms with Crippen LogP contribution in [0.4, 0.5) is 4.39 Å². The van der Waals surface area contributed by atoms with E-state index in [4.69, 9.17) is 0 Å². The van der Waals surface area contributed by atoms with Crippen LogP contribution in [0.2, 0.25) is 0 Å². The molecule has 1 N–H and O–H groups in total. The molecule has 0 heterocycles. The van der Waals surface area contributed by atoms with Gasteiger partial charge in [-0.3, -0.25) is 4.79 Å². The third-order valence-electron chi connectivity index (χ3n) is 2.49. The topological polar surface area (TPSA) is 29.1 Å². The Kier molecular flexibility index (Phi) is 2.69. The van der Waals surface area contributed by atoms with Crippen LogP contribution in [-0.4, -0.2) is 11.9 Å². The highest BCUT2D eigenvalue weighted by atomic mass is 32.1. The molecule has 2 nitrogen and oxygen atoms in total. The van der Waals surface area contributed by atoms with E-state index in [9.17, 15) is 9.18 Å². The van der Waals surface area contributed by atoms with Crippen LogP contribution in [0.3, 0.4) is 0 Å². The number of amides is 1. The highest BCUT2D eigenvalue weighted by Gasteiger charge is 2.24. The van der Waals surface area contributed by atoms with E-state index in [-0.39, 0.29) is 17.8 Å². The van der Waals surface area contributed by atoms with Crippen LogP contribution in [0.5, 0.6) is 0 Å². The Bertz CT molecular complexity index is 392. The zero-order valence-corrected chi connectivity index (χ0v) is 9.27.